The zero-order valence-electron chi connectivity index (χ0n) is 20.6. The molecule has 0 unspecified atom stereocenters. The number of carbonyl (C=O) groups is 2. The summed E-state index contributed by atoms with van der Waals surface area (Å²) in [6.45, 7) is 4.25. The summed E-state index contributed by atoms with van der Waals surface area (Å²) in [6.07, 6.45) is 7.43. The van der Waals surface area contributed by atoms with Gasteiger partial charge in [0.05, 0.1) is 17.2 Å². The van der Waals surface area contributed by atoms with E-state index in [9.17, 15) is 14.7 Å². The Balaban J connectivity index is 1.71. The molecule has 1 aliphatic carbocycles. The van der Waals surface area contributed by atoms with Gasteiger partial charge in [0.15, 0.2) is 0 Å². The molecule has 2 heterocycles. The van der Waals surface area contributed by atoms with Gasteiger partial charge in [-0.3, -0.25) is 14.6 Å². The highest BCUT2D eigenvalue weighted by atomic mass is 16.4. The van der Waals surface area contributed by atoms with Crippen LogP contribution in [0.4, 0.5) is 11.5 Å². The summed E-state index contributed by atoms with van der Waals surface area (Å²) in [5.74, 6) is -0.421. The number of pyridine rings is 1. The number of nitrogens with zero attached hydrogens (tertiary/aromatic N) is 5. The number of hydrogen-bond donors (Lipinski definition) is 2. The first-order chi connectivity index (χ1) is 17.4. The first kappa shape index (κ1) is 24.9. The van der Waals surface area contributed by atoms with E-state index in [2.05, 4.69) is 28.2 Å². The number of anilines is 2. The monoisotopic (exact) mass is 486 g/mol. The van der Waals surface area contributed by atoms with Crippen molar-refractivity contribution >= 4 is 23.9 Å². The molecule has 1 amide bonds. The van der Waals surface area contributed by atoms with E-state index in [0.29, 0.717) is 30.0 Å². The van der Waals surface area contributed by atoms with Crippen LogP contribution in [-0.2, 0) is 9.59 Å². The van der Waals surface area contributed by atoms with Crippen LogP contribution in [0.2, 0.25) is 0 Å². The standard InChI is InChI=1S/C27H30N6O3/c1-4-27-13-12-22(32(18-34)24-7-5-6-14-29-24)15-23(27)33(19(2)26(35)36)25(31(27)3)17-30-21-10-8-20(16-28)9-11-21/h5-12,14-15,18-19,25,30H,4,13,17H2,1-3H3,(H,35,36)/t19-,25+,27-/m0/s1. The number of carboxylic acids is 1. The molecule has 0 saturated carbocycles. The second-order valence-corrected chi connectivity index (χ2v) is 8.99. The van der Waals surface area contributed by atoms with E-state index in [0.717, 1.165) is 24.2 Å². The van der Waals surface area contributed by atoms with Crippen molar-refractivity contribution in [3.8, 4) is 6.07 Å². The van der Waals surface area contributed by atoms with Crippen LogP contribution in [0.25, 0.3) is 0 Å². The lowest BCUT2D eigenvalue weighted by atomic mass is 9.83. The Morgan fingerprint density at radius 2 is 2.11 bits per heavy atom. The third-order valence-electron chi connectivity index (χ3n) is 7.27. The predicted molar refractivity (Wildman–Crippen MR) is 137 cm³/mol. The zero-order valence-corrected chi connectivity index (χ0v) is 20.6. The summed E-state index contributed by atoms with van der Waals surface area (Å²) in [6, 6.07) is 13.9. The Morgan fingerprint density at radius 3 is 2.69 bits per heavy atom. The van der Waals surface area contributed by atoms with Crippen molar-refractivity contribution in [2.24, 2.45) is 0 Å². The first-order valence-electron chi connectivity index (χ1n) is 11.9. The molecule has 1 fully saturated rings. The van der Waals surface area contributed by atoms with Crippen LogP contribution in [0.3, 0.4) is 0 Å². The lowest BCUT2D eigenvalue weighted by Gasteiger charge is -2.39. The number of carboxylic acid groups (broad SMARTS) is 1. The van der Waals surface area contributed by atoms with Gasteiger partial charge in [0.25, 0.3) is 0 Å². The molecular weight excluding hydrogens is 456 g/mol. The topological polar surface area (TPSA) is 113 Å². The highest BCUT2D eigenvalue weighted by Crippen LogP contribution is 2.47. The summed E-state index contributed by atoms with van der Waals surface area (Å²) in [5, 5.41) is 22.5. The van der Waals surface area contributed by atoms with Crippen LogP contribution in [0.5, 0.6) is 0 Å². The zero-order chi connectivity index (χ0) is 25.9. The van der Waals surface area contributed by atoms with E-state index in [1.807, 2.05) is 42.3 Å². The van der Waals surface area contributed by atoms with Gasteiger partial charge >= 0.3 is 5.97 Å². The smallest absolute Gasteiger partial charge is 0.326 e. The van der Waals surface area contributed by atoms with Crippen molar-refractivity contribution in [3.05, 3.63) is 77.8 Å². The second kappa shape index (κ2) is 10.2. The van der Waals surface area contributed by atoms with Gasteiger partial charge in [-0.15, -0.1) is 0 Å². The summed E-state index contributed by atoms with van der Waals surface area (Å²) >= 11 is 0. The number of amides is 1. The number of nitrogens with one attached hydrogen (secondary N) is 1. The number of fused-ring (bicyclic) bond motifs is 1. The molecule has 186 valence electrons. The molecule has 36 heavy (non-hydrogen) atoms. The fraction of sp³-hybridized carbons (Fsp3) is 0.333. The number of aliphatic carboxylic acids is 1. The van der Waals surface area contributed by atoms with Crippen molar-refractivity contribution in [3.63, 3.8) is 0 Å². The average Bonchev–Trinajstić information content (AvgIpc) is 3.15. The Hall–Kier alpha value is -4.16. The fourth-order valence-electron chi connectivity index (χ4n) is 5.16. The van der Waals surface area contributed by atoms with Gasteiger partial charge < -0.3 is 15.3 Å². The molecule has 1 aromatic heterocycles. The minimum absolute atomic E-state index is 0.259. The van der Waals surface area contributed by atoms with Crippen molar-refractivity contribution in [1.29, 1.82) is 5.26 Å². The lowest BCUT2D eigenvalue weighted by molar-refractivity contribution is -0.142. The summed E-state index contributed by atoms with van der Waals surface area (Å²) in [7, 11) is 2.02. The second-order valence-electron chi connectivity index (χ2n) is 8.99. The largest absolute Gasteiger partial charge is 0.480 e. The van der Waals surface area contributed by atoms with Crippen LogP contribution in [0.1, 0.15) is 32.3 Å². The normalized spacial score (nSPS) is 22.1. The number of hydrogen-bond acceptors (Lipinski definition) is 7. The number of allylic oxidation sites excluding steroid dienone is 1. The molecular formula is C27H30N6O3. The number of rotatable bonds is 9. The molecule has 1 aromatic carbocycles. The molecule has 1 saturated heterocycles. The van der Waals surface area contributed by atoms with Crippen LogP contribution >= 0.6 is 0 Å². The highest BCUT2D eigenvalue weighted by molar-refractivity contribution is 5.80. The van der Waals surface area contributed by atoms with Crippen LogP contribution in [0.15, 0.2) is 72.2 Å². The van der Waals surface area contributed by atoms with Crippen molar-refractivity contribution in [2.45, 2.75) is 44.4 Å². The lowest BCUT2D eigenvalue weighted by Crippen LogP contribution is -2.50. The van der Waals surface area contributed by atoms with Crippen LogP contribution < -0.4 is 10.2 Å². The van der Waals surface area contributed by atoms with E-state index < -0.39 is 17.6 Å². The molecule has 9 heteroatoms. The van der Waals surface area contributed by atoms with Crippen LogP contribution in [0, 0.1) is 11.3 Å². The molecule has 3 atom stereocenters. The van der Waals surface area contributed by atoms with Crippen LogP contribution in [-0.4, -0.2) is 63.6 Å². The van der Waals surface area contributed by atoms with Gasteiger partial charge in [0.2, 0.25) is 6.41 Å². The van der Waals surface area contributed by atoms with Crippen molar-refractivity contribution < 1.29 is 14.7 Å². The van der Waals surface area contributed by atoms with Gasteiger partial charge in [-0.05, 0) is 69.3 Å². The quantitative estimate of drug-likeness (QED) is 0.519. The van der Waals surface area contributed by atoms with Gasteiger partial charge in [0.1, 0.15) is 18.0 Å². The maximum atomic E-state index is 12.2. The fourth-order valence-corrected chi connectivity index (χ4v) is 5.16. The van der Waals surface area contributed by atoms with E-state index in [4.69, 9.17) is 5.26 Å². The van der Waals surface area contributed by atoms with E-state index in [1.54, 1.807) is 37.4 Å². The van der Waals surface area contributed by atoms with Gasteiger partial charge in [0, 0.05) is 29.8 Å². The number of likely N-dealkylation sites (N-methyl/N-ethyl adjacent to an activating group) is 1. The number of benzene rings is 1. The molecule has 0 spiro atoms. The van der Waals surface area contributed by atoms with E-state index >= 15 is 0 Å². The Morgan fingerprint density at radius 1 is 1.36 bits per heavy atom. The van der Waals surface area contributed by atoms with Gasteiger partial charge in [-0.2, -0.15) is 5.26 Å². The molecule has 2 N–H and O–H groups in total. The third kappa shape index (κ3) is 4.32. The maximum absolute atomic E-state index is 12.2. The molecule has 0 radical (unpaired) electrons. The summed E-state index contributed by atoms with van der Waals surface area (Å²) in [4.78, 5) is 34.3. The predicted octanol–water partition coefficient (Wildman–Crippen LogP) is 3.40. The molecule has 1 aliphatic heterocycles. The minimum Gasteiger partial charge on any atom is -0.480 e. The number of aromatic nitrogens is 1. The molecule has 4 rings (SSSR count). The Kier molecular flexibility index (Phi) is 7.08. The highest BCUT2D eigenvalue weighted by Gasteiger charge is 2.54. The Bertz CT molecular complexity index is 1220. The molecule has 9 nitrogen and oxygen atoms in total. The van der Waals surface area contributed by atoms with Gasteiger partial charge in [-0.1, -0.05) is 19.1 Å². The van der Waals surface area contributed by atoms with Crippen molar-refractivity contribution in [1.82, 2.24) is 14.8 Å². The summed E-state index contributed by atoms with van der Waals surface area (Å²) < 4.78 is 0. The van der Waals surface area contributed by atoms with Gasteiger partial charge in [-0.25, -0.2) is 9.78 Å². The summed E-state index contributed by atoms with van der Waals surface area (Å²) in [5.41, 5.74) is 2.55. The van der Waals surface area contributed by atoms with Crippen molar-refractivity contribution in [2.75, 3.05) is 23.8 Å². The molecule has 0 bridgehead atoms. The first-order valence-corrected chi connectivity index (χ1v) is 11.9. The number of nitriles is 1. The average molecular weight is 487 g/mol. The SMILES string of the molecule is CC[C@]12CC=C(N(C=O)c3ccccn3)C=C1N([C@@H](C)C(=O)O)[C@H](CNc1ccc(C#N)cc1)N2C. The third-order valence-corrected chi connectivity index (χ3v) is 7.27. The minimum atomic E-state index is -0.923. The van der Waals surface area contributed by atoms with E-state index in [1.165, 1.54) is 4.90 Å². The maximum Gasteiger partial charge on any atom is 0.326 e. The molecule has 2 aromatic rings. The molecule has 2 aliphatic rings. The number of carbonyl (C=O) groups excluding carboxylic acids is 1. The van der Waals surface area contributed by atoms with E-state index in [-0.39, 0.29) is 6.17 Å². The Labute approximate surface area is 210 Å².